The lowest BCUT2D eigenvalue weighted by Crippen LogP contribution is -2.50. The molecule has 5 nitrogen and oxygen atoms in total. The lowest BCUT2D eigenvalue weighted by molar-refractivity contribution is 0.0535. The van der Waals surface area contributed by atoms with E-state index >= 15 is 0 Å². The predicted molar refractivity (Wildman–Crippen MR) is 106 cm³/mol. The SMILES string of the molecule is Cc1ccc(N)cc1C(=O)N1CCN(C(=O)c2cccc(Cl)c2)CC1.Cl. The summed E-state index contributed by atoms with van der Waals surface area (Å²) in [5.74, 6) is -0.102. The first-order valence-corrected chi connectivity index (χ1v) is 8.54. The first-order chi connectivity index (χ1) is 12.0. The minimum atomic E-state index is -0.0604. The van der Waals surface area contributed by atoms with Crippen molar-refractivity contribution in [2.24, 2.45) is 0 Å². The fourth-order valence-corrected chi connectivity index (χ4v) is 3.15. The number of benzene rings is 2. The number of halogens is 2. The number of nitrogens with zero attached hydrogens (tertiary/aromatic N) is 2. The molecule has 1 fully saturated rings. The van der Waals surface area contributed by atoms with Gasteiger partial charge in [-0.25, -0.2) is 0 Å². The third-order valence-electron chi connectivity index (χ3n) is 4.42. The molecule has 7 heteroatoms. The number of carbonyl (C=O) groups excluding carboxylic acids is 2. The zero-order chi connectivity index (χ0) is 18.0. The van der Waals surface area contributed by atoms with Crippen LogP contribution >= 0.6 is 24.0 Å². The number of aryl methyl sites for hydroxylation is 1. The van der Waals surface area contributed by atoms with Gasteiger partial charge >= 0.3 is 0 Å². The summed E-state index contributed by atoms with van der Waals surface area (Å²) < 4.78 is 0. The summed E-state index contributed by atoms with van der Waals surface area (Å²) in [5, 5.41) is 0.539. The standard InChI is InChI=1S/C19H20ClN3O2.ClH/c1-13-5-6-16(21)12-17(13)19(25)23-9-7-22(8-10-23)18(24)14-3-2-4-15(20)11-14;/h2-6,11-12H,7-10,21H2,1H3;1H. The van der Waals surface area contributed by atoms with Gasteiger partial charge in [-0.2, -0.15) is 0 Å². The summed E-state index contributed by atoms with van der Waals surface area (Å²) in [5.41, 5.74) is 8.46. The maximum absolute atomic E-state index is 12.7. The Bertz CT molecular complexity index is 818. The third-order valence-corrected chi connectivity index (χ3v) is 4.65. The topological polar surface area (TPSA) is 66.6 Å². The summed E-state index contributed by atoms with van der Waals surface area (Å²) in [6.07, 6.45) is 0. The van der Waals surface area contributed by atoms with E-state index in [2.05, 4.69) is 0 Å². The fourth-order valence-electron chi connectivity index (χ4n) is 2.96. The fraction of sp³-hybridized carbons (Fsp3) is 0.263. The van der Waals surface area contributed by atoms with E-state index in [1.807, 2.05) is 13.0 Å². The van der Waals surface area contributed by atoms with Crippen molar-refractivity contribution in [2.45, 2.75) is 6.92 Å². The van der Waals surface area contributed by atoms with Crippen LogP contribution in [0.1, 0.15) is 26.3 Å². The second kappa shape index (κ2) is 8.43. The number of nitrogen functional groups attached to an aromatic ring is 1. The van der Waals surface area contributed by atoms with E-state index in [4.69, 9.17) is 17.3 Å². The van der Waals surface area contributed by atoms with Crippen LogP contribution in [-0.4, -0.2) is 47.8 Å². The average Bonchev–Trinajstić information content (AvgIpc) is 2.62. The number of hydrogen-bond acceptors (Lipinski definition) is 3. The Morgan fingerprint density at radius 2 is 1.58 bits per heavy atom. The summed E-state index contributed by atoms with van der Waals surface area (Å²) >= 11 is 5.95. The van der Waals surface area contributed by atoms with E-state index in [-0.39, 0.29) is 24.2 Å². The molecule has 2 amide bonds. The Balaban J connectivity index is 0.00000243. The first-order valence-electron chi connectivity index (χ1n) is 8.16. The van der Waals surface area contributed by atoms with E-state index in [1.54, 1.807) is 46.2 Å². The number of amides is 2. The molecule has 1 heterocycles. The van der Waals surface area contributed by atoms with Crippen LogP contribution in [0.3, 0.4) is 0 Å². The van der Waals surface area contributed by atoms with E-state index in [0.29, 0.717) is 48.0 Å². The maximum atomic E-state index is 12.7. The number of anilines is 1. The quantitative estimate of drug-likeness (QED) is 0.796. The smallest absolute Gasteiger partial charge is 0.254 e. The number of carbonyl (C=O) groups is 2. The van der Waals surface area contributed by atoms with E-state index in [9.17, 15) is 9.59 Å². The van der Waals surface area contributed by atoms with E-state index < -0.39 is 0 Å². The highest BCUT2D eigenvalue weighted by atomic mass is 35.5. The van der Waals surface area contributed by atoms with Gasteiger partial charge in [0.2, 0.25) is 0 Å². The Kier molecular flexibility index (Phi) is 6.51. The zero-order valence-electron chi connectivity index (χ0n) is 14.4. The second-order valence-corrected chi connectivity index (χ2v) is 6.61. The van der Waals surface area contributed by atoms with Crippen molar-refractivity contribution in [3.8, 4) is 0 Å². The predicted octanol–water partition coefficient (Wildman–Crippen LogP) is 3.25. The Labute approximate surface area is 164 Å². The van der Waals surface area contributed by atoms with Crippen LogP contribution < -0.4 is 5.73 Å². The Morgan fingerprint density at radius 3 is 2.19 bits per heavy atom. The van der Waals surface area contributed by atoms with Crippen molar-refractivity contribution in [1.82, 2.24) is 9.80 Å². The minimum Gasteiger partial charge on any atom is -0.399 e. The van der Waals surface area contributed by atoms with Crippen LogP contribution in [0.5, 0.6) is 0 Å². The summed E-state index contributed by atoms with van der Waals surface area (Å²) in [6, 6.07) is 12.3. The van der Waals surface area contributed by atoms with Crippen molar-refractivity contribution < 1.29 is 9.59 Å². The molecule has 0 spiro atoms. The maximum Gasteiger partial charge on any atom is 0.254 e. The van der Waals surface area contributed by atoms with Crippen molar-refractivity contribution in [3.05, 3.63) is 64.2 Å². The molecule has 2 aromatic carbocycles. The highest BCUT2D eigenvalue weighted by molar-refractivity contribution is 6.30. The largest absolute Gasteiger partial charge is 0.399 e. The van der Waals surface area contributed by atoms with Gasteiger partial charge in [-0.3, -0.25) is 9.59 Å². The van der Waals surface area contributed by atoms with Crippen molar-refractivity contribution in [3.63, 3.8) is 0 Å². The second-order valence-electron chi connectivity index (χ2n) is 6.17. The molecule has 1 saturated heterocycles. The molecule has 138 valence electrons. The lowest BCUT2D eigenvalue weighted by atomic mass is 10.1. The molecule has 2 N–H and O–H groups in total. The molecule has 2 aromatic rings. The van der Waals surface area contributed by atoms with Crippen molar-refractivity contribution >= 4 is 41.5 Å². The van der Waals surface area contributed by atoms with Gasteiger partial charge in [0.15, 0.2) is 0 Å². The highest BCUT2D eigenvalue weighted by Crippen LogP contribution is 2.18. The molecule has 0 unspecified atom stereocenters. The number of nitrogens with two attached hydrogens (primary N) is 1. The van der Waals surface area contributed by atoms with Gasteiger partial charge in [0, 0.05) is 48.0 Å². The van der Waals surface area contributed by atoms with Crippen molar-refractivity contribution in [1.29, 1.82) is 0 Å². The zero-order valence-corrected chi connectivity index (χ0v) is 16.0. The van der Waals surface area contributed by atoms with E-state index in [0.717, 1.165) is 5.56 Å². The monoisotopic (exact) mass is 393 g/mol. The highest BCUT2D eigenvalue weighted by Gasteiger charge is 2.26. The molecule has 3 rings (SSSR count). The van der Waals surface area contributed by atoms with Gasteiger partial charge in [-0.15, -0.1) is 12.4 Å². The molecule has 0 aromatic heterocycles. The molecular weight excluding hydrogens is 373 g/mol. The van der Waals surface area contributed by atoms with Gasteiger partial charge in [-0.05, 0) is 42.8 Å². The number of hydrogen-bond donors (Lipinski definition) is 1. The first kappa shape index (κ1) is 20.1. The van der Waals surface area contributed by atoms with Gasteiger partial charge in [0.25, 0.3) is 11.8 Å². The normalized spacial score (nSPS) is 13.9. The van der Waals surface area contributed by atoms with Crippen LogP contribution in [0.25, 0.3) is 0 Å². The third kappa shape index (κ3) is 4.29. The molecule has 0 atom stereocenters. The molecule has 0 aliphatic carbocycles. The van der Waals surface area contributed by atoms with E-state index in [1.165, 1.54) is 0 Å². The van der Waals surface area contributed by atoms with Gasteiger partial charge < -0.3 is 15.5 Å². The molecule has 0 saturated carbocycles. The van der Waals surface area contributed by atoms with Crippen LogP contribution in [0.2, 0.25) is 5.02 Å². The summed E-state index contributed by atoms with van der Waals surface area (Å²) in [7, 11) is 0. The van der Waals surface area contributed by atoms with Crippen molar-refractivity contribution in [2.75, 3.05) is 31.9 Å². The molecule has 0 bridgehead atoms. The molecule has 26 heavy (non-hydrogen) atoms. The summed E-state index contributed by atoms with van der Waals surface area (Å²) in [4.78, 5) is 28.8. The molecule has 1 aliphatic rings. The Hall–Kier alpha value is -2.24. The molecular formula is C19H21Cl2N3O2. The van der Waals surface area contributed by atoms with Crippen LogP contribution in [0.4, 0.5) is 5.69 Å². The molecule has 0 radical (unpaired) electrons. The summed E-state index contributed by atoms with van der Waals surface area (Å²) in [6.45, 7) is 3.89. The van der Waals surface area contributed by atoms with Gasteiger partial charge in [0.1, 0.15) is 0 Å². The lowest BCUT2D eigenvalue weighted by Gasteiger charge is -2.35. The van der Waals surface area contributed by atoms with Gasteiger partial charge in [-0.1, -0.05) is 23.7 Å². The van der Waals surface area contributed by atoms with Crippen LogP contribution in [0, 0.1) is 6.92 Å². The Morgan fingerprint density at radius 1 is 0.962 bits per heavy atom. The van der Waals surface area contributed by atoms with Crippen LogP contribution in [-0.2, 0) is 0 Å². The number of rotatable bonds is 2. The molecule has 1 aliphatic heterocycles. The average molecular weight is 394 g/mol. The van der Waals surface area contributed by atoms with Gasteiger partial charge in [0.05, 0.1) is 0 Å². The number of piperazine rings is 1. The van der Waals surface area contributed by atoms with Crippen LogP contribution in [0.15, 0.2) is 42.5 Å². The minimum absolute atomic E-state index is 0.